The first-order chi connectivity index (χ1) is 5.29. The molecule has 0 heterocycles. The maximum atomic E-state index is 11.0. The van der Waals surface area contributed by atoms with Crippen LogP contribution in [0.25, 0.3) is 0 Å². The molecule has 0 atom stereocenters. The Bertz CT molecular complexity index is 315. The van der Waals surface area contributed by atoms with E-state index in [4.69, 9.17) is 0 Å². The minimum absolute atomic E-state index is 0.0671. The van der Waals surface area contributed by atoms with Crippen LogP contribution in [0.5, 0.6) is 5.75 Å². The van der Waals surface area contributed by atoms with Crippen LogP contribution < -0.4 is 0 Å². The van der Waals surface area contributed by atoms with E-state index in [2.05, 4.69) is 6.42 Å². The molecule has 2 rings (SSSR count). The summed E-state index contributed by atoms with van der Waals surface area (Å²) < 4.78 is 0. The molecule has 0 aliphatic heterocycles. The van der Waals surface area contributed by atoms with Gasteiger partial charge >= 0.3 is 0 Å². The van der Waals surface area contributed by atoms with Gasteiger partial charge in [0.25, 0.3) is 0 Å². The highest BCUT2D eigenvalue weighted by Crippen LogP contribution is 2.28. The number of aromatic hydroxyl groups is 1. The summed E-state index contributed by atoms with van der Waals surface area (Å²) in [6.45, 7) is 0. The van der Waals surface area contributed by atoms with E-state index in [0.717, 1.165) is 5.56 Å². The number of carbonyl (C=O) groups is 1. The van der Waals surface area contributed by atoms with Crippen LogP contribution in [-0.4, -0.2) is 10.9 Å². The lowest BCUT2D eigenvalue weighted by Crippen LogP contribution is -1.91. The summed E-state index contributed by atoms with van der Waals surface area (Å²) in [6.07, 6.45) is 3.16. The van der Waals surface area contributed by atoms with Crippen molar-refractivity contribution in [3.8, 4) is 5.75 Å². The third kappa shape index (κ3) is 0.827. The largest absolute Gasteiger partial charge is 0.507 e. The number of fused-ring (bicyclic) bond motifs is 1. The van der Waals surface area contributed by atoms with Crippen molar-refractivity contribution in [2.24, 2.45) is 0 Å². The zero-order chi connectivity index (χ0) is 7.84. The molecule has 2 radical (unpaired) electrons. The predicted molar refractivity (Wildman–Crippen MR) is 39.4 cm³/mol. The molecule has 1 aromatic carbocycles. The van der Waals surface area contributed by atoms with Gasteiger partial charge < -0.3 is 5.11 Å². The fourth-order valence-electron chi connectivity index (χ4n) is 1.26. The van der Waals surface area contributed by atoms with Crippen LogP contribution in [0.4, 0.5) is 0 Å². The number of phenolic OH excluding ortho intramolecular Hbond substituents is 1. The van der Waals surface area contributed by atoms with Gasteiger partial charge in [-0.15, -0.1) is 0 Å². The Hall–Kier alpha value is -1.31. The summed E-state index contributed by atoms with van der Waals surface area (Å²) in [5.74, 6) is -0.115. The van der Waals surface area contributed by atoms with Crippen LogP contribution in [0.15, 0.2) is 18.2 Å². The second-order valence-corrected chi connectivity index (χ2v) is 2.49. The molecule has 1 aliphatic carbocycles. The molecule has 2 nitrogen and oxygen atoms in total. The van der Waals surface area contributed by atoms with E-state index in [-0.39, 0.29) is 11.5 Å². The topological polar surface area (TPSA) is 37.3 Å². The Kier molecular flexibility index (Phi) is 1.22. The predicted octanol–water partition coefficient (Wildman–Crippen LogP) is 1.21. The molecule has 11 heavy (non-hydrogen) atoms. The van der Waals surface area contributed by atoms with Gasteiger partial charge in [0.05, 0.1) is 12.0 Å². The minimum Gasteiger partial charge on any atom is -0.507 e. The number of hydrogen-bond donors (Lipinski definition) is 1. The van der Waals surface area contributed by atoms with E-state index in [1.807, 2.05) is 6.07 Å². The molecule has 0 unspecified atom stereocenters. The highest BCUT2D eigenvalue weighted by atomic mass is 16.3. The summed E-state index contributed by atoms with van der Waals surface area (Å²) in [6, 6.07) is 5.07. The molecule has 1 aliphatic rings. The summed E-state index contributed by atoms with van der Waals surface area (Å²) in [5, 5.41) is 9.24. The van der Waals surface area contributed by atoms with Crippen molar-refractivity contribution in [2.75, 3.05) is 0 Å². The summed E-state index contributed by atoms with van der Waals surface area (Å²) >= 11 is 0. The molecular weight excluding hydrogens is 140 g/mol. The molecule has 1 aromatic rings. The maximum absolute atomic E-state index is 11.0. The Morgan fingerprint density at radius 2 is 2.27 bits per heavy atom. The highest BCUT2D eigenvalue weighted by Gasteiger charge is 2.22. The number of Topliss-reactive ketones (excluding diaryl/α,β-unsaturated/α-hetero) is 1. The van der Waals surface area contributed by atoms with Crippen molar-refractivity contribution in [3.05, 3.63) is 35.7 Å². The minimum atomic E-state index is -0.182. The standard InChI is InChI=1S/C9H6O2/c10-7-3-1-2-6-4-5-8(11)9(6)7/h1-3,10H,4H2. The van der Waals surface area contributed by atoms with E-state index >= 15 is 0 Å². The van der Waals surface area contributed by atoms with Crippen LogP contribution >= 0.6 is 0 Å². The molecule has 0 fully saturated rings. The van der Waals surface area contributed by atoms with Gasteiger partial charge in [0.1, 0.15) is 5.75 Å². The number of benzene rings is 1. The normalized spacial score (nSPS) is 15.1. The van der Waals surface area contributed by atoms with Gasteiger partial charge in [-0.2, -0.15) is 0 Å². The van der Waals surface area contributed by atoms with Gasteiger partial charge in [-0.3, -0.25) is 4.79 Å². The monoisotopic (exact) mass is 146 g/mol. The van der Waals surface area contributed by atoms with Gasteiger partial charge in [0.2, 0.25) is 0 Å². The lowest BCUT2D eigenvalue weighted by molar-refractivity contribution is 0.103. The zero-order valence-corrected chi connectivity index (χ0v) is 5.79. The van der Waals surface area contributed by atoms with Crippen LogP contribution in [0.1, 0.15) is 15.9 Å². The van der Waals surface area contributed by atoms with Crippen molar-refractivity contribution >= 4 is 5.78 Å². The van der Waals surface area contributed by atoms with E-state index < -0.39 is 0 Å². The third-order valence-corrected chi connectivity index (χ3v) is 1.80. The summed E-state index contributed by atoms with van der Waals surface area (Å²) in [5.41, 5.74) is 1.29. The molecule has 0 saturated heterocycles. The molecule has 2 heteroatoms. The SMILES string of the molecule is O=C1[C]Cc2cccc(O)c21. The average Bonchev–Trinajstić information content (AvgIpc) is 2.34. The fraction of sp³-hybridized carbons (Fsp3) is 0.111. The fourth-order valence-corrected chi connectivity index (χ4v) is 1.26. The van der Waals surface area contributed by atoms with Crippen LogP contribution in [-0.2, 0) is 6.42 Å². The van der Waals surface area contributed by atoms with Crippen molar-refractivity contribution in [1.82, 2.24) is 0 Å². The average molecular weight is 146 g/mol. The van der Waals surface area contributed by atoms with Crippen molar-refractivity contribution in [3.63, 3.8) is 0 Å². The van der Waals surface area contributed by atoms with Crippen molar-refractivity contribution < 1.29 is 9.90 Å². The van der Waals surface area contributed by atoms with Crippen molar-refractivity contribution in [1.29, 1.82) is 0 Å². The van der Waals surface area contributed by atoms with E-state index in [1.165, 1.54) is 6.07 Å². The summed E-state index contributed by atoms with van der Waals surface area (Å²) in [4.78, 5) is 11.0. The van der Waals surface area contributed by atoms with Crippen LogP contribution in [0.2, 0.25) is 0 Å². The third-order valence-electron chi connectivity index (χ3n) is 1.80. The first-order valence-corrected chi connectivity index (χ1v) is 3.38. The number of carbonyl (C=O) groups excluding carboxylic acids is 1. The van der Waals surface area contributed by atoms with Gasteiger partial charge in [-0.25, -0.2) is 0 Å². The molecule has 0 bridgehead atoms. The number of rotatable bonds is 0. The Morgan fingerprint density at radius 1 is 1.45 bits per heavy atom. The zero-order valence-electron chi connectivity index (χ0n) is 5.79. The van der Waals surface area contributed by atoms with Gasteiger partial charge in [-0.05, 0) is 18.1 Å². The Morgan fingerprint density at radius 3 is 3.00 bits per heavy atom. The quantitative estimate of drug-likeness (QED) is 0.597. The van der Waals surface area contributed by atoms with Gasteiger partial charge in [-0.1, -0.05) is 12.1 Å². The molecule has 0 amide bonds. The number of hydrogen-bond acceptors (Lipinski definition) is 2. The van der Waals surface area contributed by atoms with E-state index in [1.54, 1.807) is 6.07 Å². The van der Waals surface area contributed by atoms with Crippen molar-refractivity contribution in [2.45, 2.75) is 6.42 Å². The lowest BCUT2D eigenvalue weighted by Gasteiger charge is -1.98. The lowest BCUT2D eigenvalue weighted by atomic mass is 10.1. The Labute approximate surface area is 64.5 Å². The molecular formula is C9H6O2. The molecule has 1 N–H and O–H groups in total. The van der Waals surface area contributed by atoms with Gasteiger partial charge in [0, 0.05) is 0 Å². The Balaban J connectivity index is 2.68. The molecule has 0 saturated carbocycles. The number of phenols is 1. The second-order valence-electron chi connectivity index (χ2n) is 2.49. The highest BCUT2D eigenvalue weighted by molar-refractivity contribution is 6.08. The van der Waals surface area contributed by atoms with Crippen LogP contribution in [0, 0.1) is 6.42 Å². The molecule has 0 spiro atoms. The number of ketones is 1. The molecule has 54 valence electrons. The molecule has 0 aromatic heterocycles. The first-order valence-electron chi connectivity index (χ1n) is 3.38. The second kappa shape index (κ2) is 2.09. The maximum Gasteiger partial charge on any atom is 0.175 e. The summed E-state index contributed by atoms with van der Waals surface area (Å²) in [7, 11) is 0. The van der Waals surface area contributed by atoms with Crippen LogP contribution in [0.3, 0.4) is 0 Å². The van der Waals surface area contributed by atoms with E-state index in [9.17, 15) is 9.90 Å². The first kappa shape index (κ1) is 6.40. The van der Waals surface area contributed by atoms with E-state index in [0.29, 0.717) is 12.0 Å². The van der Waals surface area contributed by atoms with Gasteiger partial charge in [0.15, 0.2) is 5.78 Å². The smallest absolute Gasteiger partial charge is 0.175 e.